The van der Waals surface area contributed by atoms with Crippen LogP contribution in [0.15, 0.2) is 24.3 Å². The van der Waals surface area contributed by atoms with Gasteiger partial charge in [-0.3, -0.25) is 4.79 Å². The summed E-state index contributed by atoms with van der Waals surface area (Å²) < 4.78 is 13.4. The number of urea groups is 1. The van der Waals surface area contributed by atoms with Gasteiger partial charge >= 0.3 is 6.03 Å². The summed E-state index contributed by atoms with van der Waals surface area (Å²) in [6.07, 6.45) is -1.03. The van der Waals surface area contributed by atoms with Crippen molar-refractivity contribution >= 4 is 29.2 Å². The molecule has 4 rings (SSSR count). The molecular weight excluding hydrogens is 385 g/mol. The van der Waals surface area contributed by atoms with Gasteiger partial charge in [-0.05, 0) is 36.1 Å². The van der Waals surface area contributed by atoms with Crippen molar-refractivity contribution in [3.8, 4) is 6.07 Å². The first-order valence-corrected chi connectivity index (χ1v) is 9.72. The van der Waals surface area contributed by atoms with Crippen LogP contribution in [0.1, 0.15) is 6.42 Å². The maximum absolute atomic E-state index is 13.4. The van der Waals surface area contributed by atoms with Gasteiger partial charge in [0.25, 0.3) is 0 Å². The average Bonchev–Trinajstić information content (AvgIpc) is 3.00. The minimum atomic E-state index is -1.12. The van der Waals surface area contributed by atoms with Gasteiger partial charge in [0, 0.05) is 36.3 Å². The highest BCUT2D eigenvalue weighted by Crippen LogP contribution is 2.45. The lowest BCUT2D eigenvalue weighted by Crippen LogP contribution is -2.43. The van der Waals surface area contributed by atoms with Gasteiger partial charge in [0.1, 0.15) is 12.2 Å². The van der Waals surface area contributed by atoms with Crippen molar-refractivity contribution in [2.45, 2.75) is 24.7 Å². The second kappa shape index (κ2) is 7.57. The largest absolute Gasteiger partial charge is 0.324 e. The summed E-state index contributed by atoms with van der Waals surface area (Å²) in [6, 6.07) is 8.30. The van der Waals surface area contributed by atoms with E-state index < -0.39 is 12.2 Å². The van der Waals surface area contributed by atoms with E-state index in [1.54, 1.807) is 29.2 Å². The van der Waals surface area contributed by atoms with Gasteiger partial charge < -0.3 is 20.4 Å². The topological polar surface area (TPSA) is 88.5 Å². The molecular formula is C19H21ClFN5O2. The van der Waals surface area contributed by atoms with Gasteiger partial charge in [0.15, 0.2) is 0 Å². The molecule has 1 aliphatic carbocycles. The zero-order chi connectivity index (χ0) is 19.8. The van der Waals surface area contributed by atoms with Crippen molar-refractivity contribution in [2.75, 3.05) is 31.5 Å². The molecule has 2 unspecified atom stereocenters. The number of hydrogen-bond donors (Lipinski definition) is 2. The van der Waals surface area contributed by atoms with Crippen LogP contribution in [-0.2, 0) is 4.79 Å². The van der Waals surface area contributed by atoms with Crippen LogP contribution >= 0.6 is 11.6 Å². The van der Waals surface area contributed by atoms with E-state index in [0.29, 0.717) is 35.6 Å². The molecule has 3 amide bonds. The van der Waals surface area contributed by atoms with E-state index in [9.17, 15) is 14.0 Å². The number of carbonyl (C=O) groups excluding carboxylic acids is 2. The van der Waals surface area contributed by atoms with E-state index >= 15 is 0 Å². The fourth-order valence-corrected chi connectivity index (χ4v) is 4.35. The van der Waals surface area contributed by atoms with Crippen molar-refractivity contribution in [3.05, 3.63) is 29.3 Å². The van der Waals surface area contributed by atoms with E-state index in [1.165, 1.54) is 4.90 Å². The summed E-state index contributed by atoms with van der Waals surface area (Å²) in [5, 5.41) is 15.7. The molecule has 2 N–H and O–H groups in total. The number of alkyl halides is 1. The average molecular weight is 406 g/mol. The summed E-state index contributed by atoms with van der Waals surface area (Å²) in [6.45, 7) is 1.36. The number of piperidine rings is 1. The molecule has 9 heteroatoms. The highest BCUT2D eigenvalue weighted by molar-refractivity contribution is 6.30. The standard InChI is InChI=1S/C19H21ClFN5O2/c20-11-1-3-13(4-2-11)24-19(28)25-9-15-16(10-25)18(15)23-7-17(27)26-8-12(21)5-14(26)6-22/h1-4,12,14-16,18,23H,5,7-10H2,(H,24,28)/t12?,14?,15-,16-/m1/s1. The van der Waals surface area contributed by atoms with Gasteiger partial charge in [0.05, 0.1) is 19.2 Å². The highest BCUT2D eigenvalue weighted by atomic mass is 35.5. The molecule has 1 aromatic carbocycles. The molecule has 2 heterocycles. The van der Waals surface area contributed by atoms with Gasteiger partial charge in [-0.25, -0.2) is 9.18 Å². The Morgan fingerprint density at radius 1 is 1.21 bits per heavy atom. The molecule has 3 aliphatic rings. The lowest BCUT2D eigenvalue weighted by Gasteiger charge is -2.22. The van der Waals surface area contributed by atoms with Crippen molar-refractivity contribution in [3.63, 3.8) is 0 Å². The Balaban J connectivity index is 1.21. The first-order chi connectivity index (χ1) is 13.5. The number of rotatable bonds is 4. The number of anilines is 1. The Bertz CT molecular complexity index is 802. The van der Waals surface area contributed by atoms with Crippen LogP contribution in [-0.4, -0.2) is 66.2 Å². The number of hydrogen-bond acceptors (Lipinski definition) is 4. The van der Waals surface area contributed by atoms with Gasteiger partial charge in [-0.2, -0.15) is 5.26 Å². The maximum Gasteiger partial charge on any atom is 0.321 e. The Morgan fingerprint density at radius 2 is 1.89 bits per heavy atom. The lowest BCUT2D eigenvalue weighted by molar-refractivity contribution is -0.130. The van der Waals surface area contributed by atoms with Crippen LogP contribution in [0, 0.1) is 23.2 Å². The zero-order valence-electron chi connectivity index (χ0n) is 15.1. The molecule has 2 saturated heterocycles. The fourth-order valence-electron chi connectivity index (χ4n) is 4.22. The number of fused-ring (bicyclic) bond motifs is 1. The number of halogens is 2. The second-order valence-electron chi connectivity index (χ2n) is 7.60. The Labute approximate surface area is 167 Å². The van der Waals surface area contributed by atoms with Crippen LogP contribution in [0.4, 0.5) is 14.9 Å². The molecule has 0 spiro atoms. The van der Waals surface area contributed by atoms with E-state index in [0.717, 1.165) is 0 Å². The predicted octanol–water partition coefficient (Wildman–Crippen LogP) is 1.85. The molecule has 148 valence electrons. The lowest BCUT2D eigenvalue weighted by atomic mass is 10.2. The van der Waals surface area contributed by atoms with Gasteiger partial charge in [-0.15, -0.1) is 0 Å². The van der Waals surface area contributed by atoms with E-state index in [2.05, 4.69) is 10.6 Å². The maximum atomic E-state index is 13.4. The summed E-state index contributed by atoms with van der Waals surface area (Å²) in [4.78, 5) is 27.7. The molecule has 2 aliphatic heterocycles. The second-order valence-corrected chi connectivity index (χ2v) is 8.04. The highest BCUT2D eigenvalue weighted by Gasteiger charge is 2.56. The first-order valence-electron chi connectivity index (χ1n) is 9.34. The molecule has 1 saturated carbocycles. The van der Waals surface area contributed by atoms with E-state index in [1.807, 2.05) is 6.07 Å². The predicted molar refractivity (Wildman–Crippen MR) is 101 cm³/mol. The minimum absolute atomic E-state index is 0.00505. The van der Waals surface area contributed by atoms with Crippen molar-refractivity contribution in [1.82, 2.24) is 15.1 Å². The van der Waals surface area contributed by atoms with Crippen LogP contribution in [0.5, 0.6) is 0 Å². The van der Waals surface area contributed by atoms with Crippen LogP contribution in [0.3, 0.4) is 0 Å². The van der Waals surface area contributed by atoms with Crippen LogP contribution in [0.25, 0.3) is 0 Å². The Morgan fingerprint density at radius 3 is 2.54 bits per heavy atom. The Kier molecular flexibility index (Phi) is 5.13. The quantitative estimate of drug-likeness (QED) is 0.800. The Hall–Kier alpha value is -2.37. The monoisotopic (exact) mass is 405 g/mol. The smallest absolute Gasteiger partial charge is 0.321 e. The molecule has 28 heavy (non-hydrogen) atoms. The SMILES string of the molecule is N#CC1CC(F)CN1C(=O)CNC1[C@@H]2CN(C(=O)Nc3ccc(Cl)cc3)C[C@@H]12. The number of amides is 3. The molecule has 4 atom stereocenters. The number of benzene rings is 1. The molecule has 0 bridgehead atoms. The van der Waals surface area contributed by atoms with Crippen molar-refractivity contribution < 1.29 is 14.0 Å². The van der Waals surface area contributed by atoms with Crippen LogP contribution in [0.2, 0.25) is 5.02 Å². The van der Waals surface area contributed by atoms with Gasteiger partial charge in [0.2, 0.25) is 5.91 Å². The third-order valence-electron chi connectivity index (χ3n) is 5.79. The number of carbonyl (C=O) groups is 2. The van der Waals surface area contributed by atoms with Crippen molar-refractivity contribution in [2.24, 2.45) is 11.8 Å². The normalized spacial score (nSPS) is 30.7. The first kappa shape index (κ1) is 19.0. The van der Waals surface area contributed by atoms with E-state index in [4.69, 9.17) is 16.9 Å². The van der Waals surface area contributed by atoms with E-state index in [-0.39, 0.29) is 37.5 Å². The summed E-state index contributed by atoms with van der Waals surface area (Å²) >= 11 is 5.84. The fraction of sp³-hybridized carbons (Fsp3) is 0.526. The number of nitrogens with zero attached hydrogens (tertiary/aromatic N) is 3. The summed E-state index contributed by atoms with van der Waals surface area (Å²) in [5.74, 6) is 0.403. The molecule has 0 aromatic heterocycles. The third-order valence-corrected chi connectivity index (χ3v) is 6.04. The number of likely N-dealkylation sites (tertiary alicyclic amines) is 2. The van der Waals surface area contributed by atoms with Crippen molar-refractivity contribution in [1.29, 1.82) is 5.26 Å². The summed E-state index contributed by atoms with van der Waals surface area (Å²) in [7, 11) is 0. The minimum Gasteiger partial charge on any atom is -0.324 e. The number of nitrogens with one attached hydrogen (secondary N) is 2. The number of nitriles is 1. The molecule has 3 fully saturated rings. The molecule has 0 radical (unpaired) electrons. The zero-order valence-corrected chi connectivity index (χ0v) is 15.9. The third kappa shape index (κ3) is 3.77. The molecule has 7 nitrogen and oxygen atoms in total. The summed E-state index contributed by atoms with van der Waals surface area (Å²) in [5.41, 5.74) is 0.694. The van der Waals surface area contributed by atoms with Gasteiger partial charge in [-0.1, -0.05) is 11.6 Å². The molecule has 1 aromatic rings. The van der Waals surface area contributed by atoms with Crippen LogP contribution < -0.4 is 10.6 Å².